The highest BCUT2D eigenvalue weighted by molar-refractivity contribution is 7.99. The fourth-order valence-electron chi connectivity index (χ4n) is 3.81. The van der Waals surface area contributed by atoms with E-state index in [0.717, 1.165) is 35.6 Å². The summed E-state index contributed by atoms with van der Waals surface area (Å²) in [6.07, 6.45) is 5.75. The molecular weight excluding hydrogens is 418 g/mol. The van der Waals surface area contributed by atoms with Crippen LogP contribution in [0.5, 0.6) is 0 Å². The number of nitrogens with one attached hydrogen (secondary N) is 2. The summed E-state index contributed by atoms with van der Waals surface area (Å²) in [5.74, 6) is 0.103. The van der Waals surface area contributed by atoms with Gasteiger partial charge in [0.05, 0.1) is 10.6 Å². The van der Waals surface area contributed by atoms with Crippen LogP contribution in [0.3, 0.4) is 0 Å². The Bertz CT molecular complexity index is 933. The highest BCUT2D eigenvalue weighted by Gasteiger charge is 2.23. The van der Waals surface area contributed by atoms with Crippen LogP contribution in [0.1, 0.15) is 52.2 Å². The summed E-state index contributed by atoms with van der Waals surface area (Å²) in [5, 5.41) is 0. The van der Waals surface area contributed by atoms with Crippen molar-refractivity contribution in [2.24, 2.45) is 0 Å². The third-order valence-electron chi connectivity index (χ3n) is 5.38. The number of thioether (sulfide) groups is 1. The van der Waals surface area contributed by atoms with E-state index in [4.69, 9.17) is 0 Å². The molecule has 0 fully saturated rings. The number of hydrogen-bond acceptors (Lipinski definition) is 5. The molecule has 6 nitrogen and oxygen atoms in total. The van der Waals surface area contributed by atoms with Crippen molar-refractivity contribution in [3.8, 4) is 0 Å². The number of amides is 3. The number of fused-ring (bicyclic) bond motifs is 2. The maximum atomic E-state index is 12.6. The minimum Gasteiger partial charge on any atom is -0.310 e. The average Bonchev–Trinajstić information content (AvgIpc) is 3.05. The van der Waals surface area contributed by atoms with E-state index in [9.17, 15) is 14.4 Å². The lowest BCUT2D eigenvalue weighted by Crippen LogP contribution is -2.42. The third-order valence-corrected chi connectivity index (χ3v) is 7.66. The van der Waals surface area contributed by atoms with Gasteiger partial charge in [0.2, 0.25) is 11.8 Å². The number of thiophene rings is 1. The first-order valence-corrected chi connectivity index (χ1v) is 12.1. The van der Waals surface area contributed by atoms with Gasteiger partial charge in [-0.2, -0.15) is 0 Å². The number of hydrogen-bond donors (Lipinski definition) is 2. The van der Waals surface area contributed by atoms with E-state index >= 15 is 0 Å². The molecule has 0 spiro atoms. The Kier molecular flexibility index (Phi) is 6.74. The molecule has 1 aliphatic heterocycles. The quantitative estimate of drug-likeness (QED) is 0.558. The topological polar surface area (TPSA) is 78.5 Å². The molecule has 0 radical (unpaired) electrons. The fourth-order valence-corrected chi connectivity index (χ4v) is 5.96. The lowest BCUT2D eigenvalue weighted by Gasteiger charge is -2.29. The van der Waals surface area contributed by atoms with Gasteiger partial charge in [-0.25, -0.2) is 0 Å². The largest absolute Gasteiger partial charge is 0.310 e. The molecule has 2 aromatic rings. The smallest absolute Gasteiger partial charge is 0.279 e. The summed E-state index contributed by atoms with van der Waals surface area (Å²) in [6, 6.07) is 9.76. The number of benzene rings is 1. The minimum absolute atomic E-state index is 0.0336. The number of hydrazine groups is 1. The van der Waals surface area contributed by atoms with Gasteiger partial charge >= 0.3 is 0 Å². The van der Waals surface area contributed by atoms with E-state index in [0.29, 0.717) is 11.4 Å². The monoisotopic (exact) mass is 443 g/mol. The van der Waals surface area contributed by atoms with Gasteiger partial charge in [-0.1, -0.05) is 18.6 Å². The van der Waals surface area contributed by atoms with Crippen molar-refractivity contribution in [2.45, 2.75) is 49.8 Å². The van der Waals surface area contributed by atoms with Crippen molar-refractivity contribution < 1.29 is 14.4 Å². The van der Waals surface area contributed by atoms with Crippen LogP contribution in [0.15, 0.2) is 35.2 Å². The second kappa shape index (κ2) is 9.66. The van der Waals surface area contributed by atoms with Crippen molar-refractivity contribution in [3.05, 3.63) is 45.6 Å². The number of para-hydroxylation sites is 1. The summed E-state index contributed by atoms with van der Waals surface area (Å²) in [4.78, 5) is 41.9. The average molecular weight is 444 g/mol. The Hall–Kier alpha value is -2.32. The lowest BCUT2D eigenvalue weighted by molar-refractivity contribution is -0.125. The van der Waals surface area contributed by atoms with Crippen molar-refractivity contribution in [3.63, 3.8) is 0 Å². The number of anilines is 1. The Morgan fingerprint density at radius 1 is 1.00 bits per heavy atom. The normalized spacial score (nSPS) is 15.5. The van der Waals surface area contributed by atoms with Gasteiger partial charge in [0.25, 0.3) is 5.91 Å². The number of carbonyl (C=O) groups is 3. The molecule has 3 amide bonds. The highest BCUT2D eigenvalue weighted by atomic mass is 32.2. The number of nitrogens with zero attached hydrogens (tertiary/aromatic N) is 1. The zero-order valence-corrected chi connectivity index (χ0v) is 18.4. The Morgan fingerprint density at radius 3 is 2.73 bits per heavy atom. The SMILES string of the molecule is O=C(CCC(=O)N1CCSc2ccccc21)NNC(=O)c1cc2c(s1)CCCCC2. The highest BCUT2D eigenvalue weighted by Crippen LogP contribution is 2.34. The van der Waals surface area contributed by atoms with Crippen LogP contribution < -0.4 is 15.8 Å². The minimum atomic E-state index is -0.366. The zero-order valence-electron chi connectivity index (χ0n) is 16.7. The Labute approximate surface area is 184 Å². The van der Waals surface area contributed by atoms with Gasteiger partial charge in [-0.15, -0.1) is 23.1 Å². The third kappa shape index (κ3) is 4.87. The summed E-state index contributed by atoms with van der Waals surface area (Å²) in [7, 11) is 0. The lowest BCUT2D eigenvalue weighted by atomic mass is 10.1. The van der Waals surface area contributed by atoms with E-state index in [-0.39, 0.29) is 30.6 Å². The Morgan fingerprint density at radius 2 is 1.83 bits per heavy atom. The number of aryl methyl sites for hydroxylation is 2. The van der Waals surface area contributed by atoms with Crippen LogP contribution in [0.4, 0.5) is 5.69 Å². The van der Waals surface area contributed by atoms with Crippen LogP contribution >= 0.6 is 23.1 Å². The van der Waals surface area contributed by atoms with E-state index in [1.54, 1.807) is 16.7 Å². The molecule has 0 bridgehead atoms. The molecule has 0 saturated heterocycles. The molecule has 2 aliphatic rings. The Balaban J connectivity index is 1.25. The van der Waals surface area contributed by atoms with Crippen LogP contribution in [0.25, 0.3) is 0 Å². The summed E-state index contributed by atoms with van der Waals surface area (Å²) >= 11 is 3.25. The summed E-state index contributed by atoms with van der Waals surface area (Å²) < 4.78 is 0. The van der Waals surface area contributed by atoms with E-state index in [1.807, 2.05) is 30.3 Å². The van der Waals surface area contributed by atoms with Gasteiger partial charge in [-0.3, -0.25) is 25.2 Å². The van der Waals surface area contributed by atoms with Crippen LogP contribution in [0.2, 0.25) is 0 Å². The van der Waals surface area contributed by atoms with Crippen LogP contribution in [0, 0.1) is 0 Å². The molecule has 158 valence electrons. The van der Waals surface area contributed by atoms with Gasteiger partial charge in [0.15, 0.2) is 0 Å². The summed E-state index contributed by atoms with van der Waals surface area (Å²) in [5.41, 5.74) is 7.10. The number of rotatable bonds is 4. The maximum Gasteiger partial charge on any atom is 0.279 e. The molecule has 1 aromatic heterocycles. The van der Waals surface area contributed by atoms with Gasteiger partial charge in [-0.05, 0) is 49.4 Å². The van der Waals surface area contributed by atoms with Gasteiger partial charge in [0, 0.05) is 34.9 Å². The first-order chi connectivity index (χ1) is 14.6. The van der Waals surface area contributed by atoms with E-state index in [2.05, 4.69) is 10.9 Å². The molecule has 2 N–H and O–H groups in total. The molecule has 1 aromatic carbocycles. The van der Waals surface area contributed by atoms with Crippen molar-refractivity contribution in [1.82, 2.24) is 10.9 Å². The molecular formula is C22H25N3O3S2. The molecule has 4 rings (SSSR count). The van der Waals surface area contributed by atoms with Gasteiger partial charge < -0.3 is 4.90 Å². The second-order valence-electron chi connectivity index (χ2n) is 7.48. The second-order valence-corrected chi connectivity index (χ2v) is 9.76. The molecule has 30 heavy (non-hydrogen) atoms. The molecule has 1 aliphatic carbocycles. The fraction of sp³-hybridized carbons (Fsp3) is 0.409. The molecule has 0 unspecified atom stereocenters. The molecule has 2 heterocycles. The van der Waals surface area contributed by atoms with Crippen molar-refractivity contribution in [2.75, 3.05) is 17.2 Å². The standard InChI is InChI=1S/C22H25N3O3S2/c26-20(10-11-21(27)25-12-13-29-18-9-5-4-7-16(18)25)23-24-22(28)19-14-15-6-2-1-3-8-17(15)30-19/h4-5,7,9,14H,1-3,6,8,10-13H2,(H,23,26)(H,24,28). The van der Waals surface area contributed by atoms with E-state index < -0.39 is 0 Å². The maximum absolute atomic E-state index is 12.6. The molecule has 0 saturated carbocycles. The first-order valence-electron chi connectivity index (χ1n) is 10.3. The first kappa shape index (κ1) is 20.9. The zero-order chi connectivity index (χ0) is 20.9. The predicted molar refractivity (Wildman–Crippen MR) is 120 cm³/mol. The molecule has 8 heteroatoms. The predicted octanol–water partition coefficient (Wildman–Crippen LogP) is 3.70. The van der Waals surface area contributed by atoms with Crippen molar-refractivity contribution >= 4 is 46.5 Å². The van der Waals surface area contributed by atoms with Gasteiger partial charge in [0.1, 0.15) is 0 Å². The van der Waals surface area contributed by atoms with Crippen LogP contribution in [-0.4, -0.2) is 30.0 Å². The van der Waals surface area contributed by atoms with Crippen LogP contribution in [-0.2, 0) is 22.4 Å². The molecule has 0 atom stereocenters. The number of carbonyl (C=O) groups excluding carboxylic acids is 3. The van der Waals surface area contributed by atoms with Crippen molar-refractivity contribution in [1.29, 1.82) is 0 Å². The summed E-state index contributed by atoms with van der Waals surface area (Å²) in [6.45, 7) is 0.641. The van der Waals surface area contributed by atoms with E-state index in [1.165, 1.54) is 34.6 Å².